The molecule has 0 rings (SSSR count). The Bertz CT molecular complexity index is 571. The number of nitrogens with zero attached hydrogens (tertiary/aromatic N) is 1. The van der Waals surface area contributed by atoms with Gasteiger partial charge in [-0.25, -0.2) is 10.1 Å². The van der Waals surface area contributed by atoms with E-state index in [1.54, 1.807) is 12.0 Å². The first kappa shape index (κ1) is 30.6. The highest BCUT2D eigenvalue weighted by atomic mass is 16.7. The first-order chi connectivity index (χ1) is 15.8. The van der Waals surface area contributed by atoms with Crippen LogP contribution < -0.4 is 21.4 Å². The summed E-state index contributed by atoms with van der Waals surface area (Å²) < 4.78 is 0. The van der Waals surface area contributed by atoms with Crippen LogP contribution in [0.15, 0.2) is 0 Å². The van der Waals surface area contributed by atoms with Gasteiger partial charge in [-0.3, -0.25) is 15.0 Å². The number of nitrogens with one attached hydrogen (secondary N) is 5. The monoisotopic (exact) mass is 469 g/mol. The number of carbonyl (C=O) groups excluding carboxylic acids is 2. The van der Waals surface area contributed by atoms with E-state index in [1.165, 1.54) is 38.5 Å². The van der Waals surface area contributed by atoms with Gasteiger partial charge in [-0.1, -0.05) is 77.6 Å². The van der Waals surface area contributed by atoms with Gasteiger partial charge < -0.3 is 16.0 Å². The number of rotatable bonds is 20. The number of amides is 2. The maximum Gasteiger partial charge on any atom is 0.251 e. The van der Waals surface area contributed by atoms with Crippen molar-refractivity contribution in [2.45, 2.75) is 110 Å². The average molecular weight is 470 g/mol. The Morgan fingerprint density at radius 1 is 1.00 bits per heavy atom. The van der Waals surface area contributed by atoms with Gasteiger partial charge in [0.2, 0.25) is 11.8 Å². The molecule has 0 aromatic rings. The van der Waals surface area contributed by atoms with E-state index in [0.29, 0.717) is 25.2 Å². The Labute approximate surface area is 199 Å². The number of hydrogen-bond donors (Lipinski definition) is 5. The third kappa shape index (κ3) is 20.0. The van der Waals surface area contributed by atoms with Crippen LogP contribution in [-0.2, 0) is 9.59 Å². The van der Waals surface area contributed by atoms with Crippen LogP contribution in [0.2, 0.25) is 0 Å². The summed E-state index contributed by atoms with van der Waals surface area (Å²) in [5, 5.41) is 25.0. The molecule has 33 heavy (non-hydrogen) atoms. The van der Waals surface area contributed by atoms with Crippen molar-refractivity contribution in [1.82, 2.24) is 21.4 Å². The number of hydrazine groups is 1. The second-order valence-electron chi connectivity index (χ2n) is 8.85. The molecule has 0 aromatic carbocycles. The van der Waals surface area contributed by atoms with E-state index < -0.39 is 17.0 Å². The number of nitro groups is 1. The summed E-state index contributed by atoms with van der Waals surface area (Å²) in [6, 6.07) is -0.682. The SMILES string of the molecule is CCCCCCCCCCCC(=O)N[C@@H](CCCNC(=N)N[N+](=O)[O-])C(=O)N[CH]CC(C)C. The summed E-state index contributed by atoms with van der Waals surface area (Å²) >= 11 is 0. The highest BCUT2D eigenvalue weighted by molar-refractivity contribution is 5.87. The molecule has 0 aliphatic rings. The van der Waals surface area contributed by atoms with Gasteiger partial charge in [0.05, 0.1) is 0 Å². The van der Waals surface area contributed by atoms with Gasteiger partial charge in [0.25, 0.3) is 5.96 Å². The molecular formula is C23H45N6O4. The quantitative estimate of drug-likeness (QED) is 0.0602. The molecule has 0 saturated heterocycles. The van der Waals surface area contributed by atoms with Crippen LogP contribution in [0, 0.1) is 28.0 Å². The molecule has 0 spiro atoms. The normalized spacial score (nSPS) is 11.6. The first-order valence-corrected chi connectivity index (χ1v) is 12.4. The Morgan fingerprint density at radius 2 is 1.61 bits per heavy atom. The predicted molar refractivity (Wildman–Crippen MR) is 131 cm³/mol. The van der Waals surface area contributed by atoms with Gasteiger partial charge in [0.15, 0.2) is 5.03 Å². The largest absolute Gasteiger partial charge is 0.352 e. The van der Waals surface area contributed by atoms with E-state index in [4.69, 9.17) is 5.41 Å². The van der Waals surface area contributed by atoms with Crippen molar-refractivity contribution in [2.75, 3.05) is 6.54 Å². The van der Waals surface area contributed by atoms with Gasteiger partial charge in [0, 0.05) is 19.5 Å². The lowest BCUT2D eigenvalue weighted by atomic mass is 10.1. The topological polar surface area (TPSA) is 149 Å². The molecule has 1 radical (unpaired) electrons. The summed E-state index contributed by atoms with van der Waals surface area (Å²) in [6.07, 6.45) is 12.5. The second kappa shape index (κ2) is 20.2. The Kier molecular flexibility index (Phi) is 18.8. The molecule has 0 aliphatic heterocycles. The fourth-order valence-electron chi connectivity index (χ4n) is 3.28. The van der Waals surface area contributed by atoms with E-state index in [2.05, 4.69) is 22.9 Å². The molecule has 0 aromatic heterocycles. The van der Waals surface area contributed by atoms with Gasteiger partial charge in [-0.2, -0.15) is 0 Å². The molecule has 0 saturated carbocycles. The minimum Gasteiger partial charge on any atom is -0.352 e. The van der Waals surface area contributed by atoms with E-state index in [9.17, 15) is 19.7 Å². The number of carbonyl (C=O) groups is 2. The maximum atomic E-state index is 12.5. The minimum atomic E-state index is -0.817. The molecule has 1 atom stereocenters. The zero-order valence-corrected chi connectivity index (χ0v) is 20.7. The van der Waals surface area contributed by atoms with Gasteiger partial charge in [0.1, 0.15) is 6.04 Å². The van der Waals surface area contributed by atoms with Crippen molar-refractivity contribution in [1.29, 1.82) is 5.41 Å². The lowest BCUT2D eigenvalue weighted by molar-refractivity contribution is -0.525. The van der Waals surface area contributed by atoms with Crippen molar-refractivity contribution in [3.8, 4) is 0 Å². The molecule has 0 aliphatic carbocycles. The predicted octanol–water partition coefficient (Wildman–Crippen LogP) is 3.80. The van der Waals surface area contributed by atoms with Crippen LogP contribution in [0.1, 0.15) is 104 Å². The molecule has 0 fully saturated rings. The van der Waals surface area contributed by atoms with Crippen molar-refractivity contribution in [3.05, 3.63) is 16.7 Å². The van der Waals surface area contributed by atoms with Crippen LogP contribution >= 0.6 is 0 Å². The van der Waals surface area contributed by atoms with Crippen LogP contribution in [0.5, 0.6) is 0 Å². The summed E-state index contributed by atoms with van der Waals surface area (Å²) in [4.78, 5) is 35.2. The third-order valence-corrected chi connectivity index (χ3v) is 5.17. The molecule has 0 bridgehead atoms. The highest BCUT2D eigenvalue weighted by Crippen LogP contribution is 2.11. The number of unbranched alkanes of at least 4 members (excludes halogenated alkanes) is 8. The van der Waals surface area contributed by atoms with Crippen molar-refractivity contribution in [3.63, 3.8) is 0 Å². The van der Waals surface area contributed by atoms with Gasteiger partial charge in [-0.15, -0.1) is 0 Å². The molecule has 10 nitrogen and oxygen atoms in total. The molecule has 0 unspecified atom stereocenters. The van der Waals surface area contributed by atoms with E-state index in [-0.39, 0.29) is 18.4 Å². The van der Waals surface area contributed by atoms with Crippen LogP contribution in [0.3, 0.4) is 0 Å². The number of guanidine groups is 1. The zero-order valence-electron chi connectivity index (χ0n) is 20.7. The van der Waals surface area contributed by atoms with Gasteiger partial charge >= 0.3 is 0 Å². The fourth-order valence-corrected chi connectivity index (χ4v) is 3.28. The highest BCUT2D eigenvalue weighted by Gasteiger charge is 2.20. The molecular weight excluding hydrogens is 424 g/mol. The van der Waals surface area contributed by atoms with E-state index in [0.717, 1.165) is 25.7 Å². The Hall–Kier alpha value is -2.39. The average Bonchev–Trinajstić information content (AvgIpc) is 2.73. The fraction of sp³-hybridized carbons (Fsp3) is 0.826. The third-order valence-electron chi connectivity index (χ3n) is 5.17. The van der Waals surface area contributed by atoms with E-state index in [1.807, 2.05) is 13.8 Å². The van der Waals surface area contributed by atoms with Crippen LogP contribution in [0.25, 0.3) is 0 Å². The number of hydrogen-bond acceptors (Lipinski definition) is 5. The smallest absolute Gasteiger partial charge is 0.251 e. The molecule has 2 amide bonds. The van der Waals surface area contributed by atoms with E-state index >= 15 is 0 Å². The zero-order chi connectivity index (χ0) is 24.9. The standard InChI is InChI=1S/C23H45N6O4/c1-4-5-6-7-8-9-10-11-12-15-21(30)27-20(22(31)25-18-16-19(2)3)14-13-17-26-23(24)28-29(32)33/h18-20H,4-17H2,1-3H3,(H,25,31)(H,27,30)(H3,24,26,28)/t20-/m0/s1. The second-order valence-corrected chi connectivity index (χ2v) is 8.85. The lowest BCUT2D eigenvalue weighted by Gasteiger charge is -2.19. The minimum absolute atomic E-state index is 0.141. The molecule has 10 heteroatoms. The van der Waals surface area contributed by atoms with Crippen LogP contribution in [0.4, 0.5) is 0 Å². The summed E-state index contributed by atoms with van der Waals surface area (Å²) in [6.45, 7) is 8.29. The lowest BCUT2D eigenvalue weighted by Crippen LogP contribution is -2.46. The van der Waals surface area contributed by atoms with Crippen molar-refractivity contribution < 1.29 is 14.6 Å². The maximum absolute atomic E-state index is 12.5. The molecule has 0 heterocycles. The summed E-state index contributed by atoms with van der Waals surface area (Å²) in [7, 11) is 0. The summed E-state index contributed by atoms with van der Waals surface area (Å²) in [5.74, 6) is -0.415. The Balaban J connectivity index is 4.31. The summed E-state index contributed by atoms with van der Waals surface area (Å²) in [5.41, 5.74) is 1.71. The molecule has 191 valence electrons. The van der Waals surface area contributed by atoms with Crippen LogP contribution in [-0.4, -0.2) is 35.4 Å². The first-order valence-electron chi connectivity index (χ1n) is 12.4. The van der Waals surface area contributed by atoms with Gasteiger partial charge in [-0.05, 0) is 31.6 Å². The van der Waals surface area contributed by atoms with Crippen molar-refractivity contribution in [2.24, 2.45) is 5.92 Å². The van der Waals surface area contributed by atoms with Crippen molar-refractivity contribution >= 4 is 17.8 Å². The molecule has 5 N–H and O–H groups in total. The Morgan fingerprint density at radius 3 is 2.18 bits per heavy atom.